The lowest BCUT2D eigenvalue weighted by Crippen LogP contribution is -2.25. The minimum Gasteiger partial charge on any atom is -0.193 e. The van der Waals surface area contributed by atoms with Gasteiger partial charge in [-0.3, -0.25) is 0 Å². The van der Waals surface area contributed by atoms with Crippen molar-refractivity contribution in [3.05, 3.63) is 211 Å². The summed E-state index contributed by atoms with van der Waals surface area (Å²) >= 11 is 0. The molecule has 0 atom stereocenters. The van der Waals surface area contributed by atoms with Gasteiger partial charge in [0.05, 0.1) is 6.07 Å². The predicted octanol–water partition coefficient (Wildman–Crippen LogP) is 12.3. The molecule has 0 amide bonds. The van der Waals surface area contributed by atoms with Crippen LogP contribution in [0.15, 0.2) is 189 Å². The minimum atomic E-state index is -0.314. The summed E-state index contributed by atoms with van der Waals surface area (Å²) in [7, 11) is 0. The van der Waals surface area contributed by atoms with Gasteiger partial charge in [-0.15, -0.1) is 0 Å². The van der Waals surface area contributed by atoms with Crippen LogP contribution in [0, 0.1) is 11.3 Å². The Kier molecular flexibility index (Phi) is 8.40. The third kappa shape index (κ3) is 5.45. The molecular weight excluding hydrogens is 579 g/mol. The molecule has 7 aromatic rings. The van der Waals surface area contributed by atoms with E-state index in [0.29, 0.717) is 0 Å². The Morgan fingerprint density at radius 3 is 1.79 bits per heavy atom. The van der Waals surface area contributed by atoms with Crippen LogP contribution in [0.1, 0.15) is 29.2 Å². The van der Waals surface area contributed by atoms with Crippen molar-refractivity contribution in [3.8, 4) is 28.3 Å². The molecule has 0 N–H and O–H groups in total. The van der Waals surface area contributed by atoms with E-state index in [4.69, 9.17) is 0 Å². The van der Waals surface area contributed by atoms with Gasteiger partial charge in [0.2, 0.25) is 0 Å². The lowest BCUT2D eigenvalue weighted by Gasteiger charge is -2.32. The molecule has 0 aliphatic rings. The summed E-state index contributed by atoms with van der Waals surface area (Å²) in [4.78, 5) is 0. The Bertz CT molecular complexity index is 2310. The van der Waals surface area contributed by atoms with Gasteiger partial charge in [0.1, 0.15) is 0 Å². The van der Waals surface area contributed by atoms with Gasteiger partial charge in [-0.2, -0.15) is 5.26 Å². The highest BCUT2D eigenvalue weighted by Gasteiger charge is 2.31. The Morgan fingerprint density at radius 1 is 0.583 bits per heavy atom. The summed E-state index contributed by atoms with van der Waals surface area (Å²) < 4.78 is 0. The van der Waals surface area contributed by atoms with Crippen molar-refractivity contribution in [2.75, 3.05) is 0 Å². The topological polar surface area (TPSA) is 23.8 Å². The van der Waals surface area contributed by atoms with Gasteiger partial charge in [-0.25, -0.2) is 0 Å². The van der Waals surface area contributed by atoms with E-state index in [0.717, 1.165) is 21.9 Å². The summed E-state index contributed by atoms with van der Waals surface area (Å²) in [6.45, 7) is 6.24. The minimum absolute atomic E-state index is 0.314. The molecule has 1 heteroatoms. The normalized spacial score (nSPS) is 12.0. The molecule has 1 nitrogen and oxygen atoms in total. The van der Waals surface area contributed by atoms with Gasteiger partial charge in [0.25, 0.3) is 0 Å². The first-order valence-corrected chi connectivity index (χ1v) is 16.3. The molecule has 0 heterocycles. The SMILES string of the molecule is C=C/C=C(\C=C/C#N)c1ccc(-c2ccc3ccccc3c2-c2ccc(C(C)(c3ccccc3)c3ccccc3)cc2)c2ccccc12. The zero-order valence-electron chi connectivity index (χ0n) is 27.0. The second-order valence-electron chi connectivity index (χ2n) is 12.2. The van der Waals surface area contributed by atoms with Crippen molar-refractivity contribution in [2.24, 2.45) is 0 Å². The number of benzene rings is 7. The quantitative estimate of drug-likeness (QED) is 0.0950. The average Bonchev–Trinajstić information content (AvgIpc) is 3.16. The zero-order valence-corrected chi connectivity index (χ0v) is 27.0. The van der Waals surface area contributed by atoms with Crippen LogP contribution in [0.5, 0.6) is 0 Å². The number of hydrogen-bond donors (Lipinski definition) is 0. The van der Waals surface area contributed by atoms with Crippen molar-refractivity contribution in [1.29, 1.82) is 5.26 Å². The van der Waals surface area contributed by atoms with Crippen LogP contribution >= 0.6 is 0 Å². The van der Waals surface area contributed by atoms with Crippen LogP contribution in [0.25, 0.3) is 49.4 Å². The van der Waals surface area contributed by atoms with Crippen molar-refractivity contribution in [1.82, 2.24) is 0 Å². The zero-order chi connectivity index (χ0) is 32.9. The van der Waals surface area contributed by atoms with Crippen molar-refractivity contribution in [2.45, 2.75) is 12.3 Å². The molecule has 7 aromatic carbocycles. The Hall–Kier alpha value is -6.23. The highest BCUT2D eigenvalue weighted by Crippen LogP contribution is 2.44. The van der Waals surface area contributed by atoms with Crippen LogP contribution in [-0.2, 0) is 5.41 Å². The van der Waals surface area contributed by atoms with Crippen molar-refractivity contribution >= 4 is 27.1 Å². The molecule has 0 aliphatic heterocycles. The van der Waals surface area contributed by atoms with Gasteiger partial charge >= 0.3 is 0 Å². The second-order valence-corrected chi connectivity index (χ2v) is 12.2. The van der Waals surface area contributed by atoms with Crippen LogP contribution in [0.4, 0.5) is 0 Å². The molecule has 0 fully saturated rings. The molecule has 0 aliphatic carbocycles. The third-order valence-electron chi connectivity index (χ3n) is 9.54. The molecule has 0 radical (unpaired) electrons. The molecule has 0 bridgehead atoms. The average molecular weight is 614 g/mol. The lowest BCUT2D eigenvalue weighted by atomic mass is 9.71. The molecule has 0 saturated carbocycles. The maximum absolute atomic E-state index is 9.25. The lowest BCUT2D eigenvalue weighted by molar-refractivity contribution is 0.692. The van der Waals surface area contributed by atoms with E-state index >= 15 is 0 Å². The smallest absolute Gasteiger partial charge is 0.0912 e. The second kappa shape index (κ2) is 13.2. The van der Waals surface area contributed by atoms with Gasteiger partial charge < -0.3 is 0 Å². The molecule has 7 rings (SSSR count). The van der Waals surface area contributed by atoms with E-state index in [-0.39, 0.29) is 5.41 Å². The largest absolute Gasteiger partial charge is 0.193 e. The van der Waals surface area contributed by atoms with E-state index in [1.54, 1.807) is 6.08 Å². The van der Waals surface area contributed by atoms with Crippen LogP contribution in [-0.4, -0.2) is 0 Å². The molecule has 0 saturated heterocycles. The van der Waals surface area contributed by atoms with E-state index in [9.17, 15) is 5.26 Å². The Morgan fingerprint density at radius 2 is 1.15 bits per heavy atom. The molecule has 48 heavy (non-hydrogen) atoms. The fourth-order valence-electron chi connectivity index (χ4n) is 7.09. The number of hydrogen-bond acceptors (Lipinski definition) is 1. The van der Waals surface area contributed by atoms with Crippen LogP contribution < -0.4 is 0 Å². The summed E-state index contributed by atoms with van der Waals surface area (Å²) in [6, 6.07) is 58.9. The van der Waals surface area contributed by atoms with Gasteiger partial charge in [0, 0.05) is 11.5 Å². The molecule has 0 spiro atoms. The fraction of sp³-hybridized carbons (Fsp3) is 0.0426. The molecular formula is C47H35N. The highest BCUT2D eigenvalue weighted by atomic mass is 14.3. The fourth-order valence-corrected chi connectivity index (χ4v) is 7.09. The van der Waals surface area contributed by atoms with Crippen LogP contribution in [0.3, 0.4) is 0 Å². The van der Waals surface area contributed by atoms with Gasteiger partial charge in [-0.05, 0) is 84.6 Å². The van der Waals surface area contributed by atoms with Crippen molar-refractivity contribution in [3.63, 3.8) is 0 Å². The van der Waals surface area contributed by atoms with Crippen molar-refractivity contribution < 1.29 is 0 Å². The number of allylic oxidation sites excluding steroid dienone is 5. The number of fused-ring (bicyclic) bond motifs is 2. The monoisotopic (exact) mass is 613 g/mol. The van der Waals surface area contributed by atoms with E-state index in [1.807, 2.05) is 12.2 Å². The standard InChI is InChI=1S/C47H35N/c1-3-15-34(17-14-33-48)40-31-32-44(43-24-13-12-23-42(40)43)45-30-27-35-16-10-11-22-41(35)46(45)36-25-28-39(29-26-36)47(2,37-18-6-4-7-19-37)38-20-8-5-9-21-38/h3-32H,1H2,2H3/b17-14-,34-15+. The number of nitriles is 1. The maximum Gasteiger partial charge on any atom is 0.0912 e. The van der Waals surface area contributed by atoms with E-state index < -0.39 is 0 Å². The summed E-state index contributed by atoms with van der Waals surface area (Å²) in [6.07, 6.45) is 7.09. The van der Waals surface area contributed by atoms with E-state index in [1.165, 1.54) is 55.8 Å². The van der Waals surface area contributed by atoms with Gasteiger partial charge in [0.15, 0.2) is 0 Å². The van der Waals surface area contributed by atoms with E-state index in [2.05, 4.69) is 177 Å². The highest BCUT2D eigenvalue weighted by molar-refractivity contribution is 6.10. The first-order valence-electron chi connectivity index (χ1n) is 16.3. The molecule has 228 valence electrons. The number of rotatable bonds is 8. The maximum atomic E-state index is 9.25. The first-order chi connectivity index (χ1) is 23.6. The summed E-state index contributed by atoms with van der Waals surface area (Å²) in [5, 5.41) is 14.0. The molecule has 0 aromatic heterocycles. The summed E-state index contributed by atoms with van der Waals surface area (Å²) in [5.74, 6) is 0. The number of nitrogens with zero attached hydrogens (tertiary/aromatic N) is 1. The first kappa shape index (κ1) is 30.4. The third-order valence-corrected chi connectivity index (χ3v) is 9.54. The van der Waals surface area contributed by atoms with Gasteiger partial charge in [-0.1, -0.05) is 176 Å². The predicted molar refractivity (Wildman–Crippen MR) is 204 cm³/mol. The Balaban J connectivity index is 1.43. The van der Waals surface area contributed by atoms with Crippen LogP contribution in [0.2, 0.25) is 0 Å². The molecule has 0 unspecified atom stereocenters. The Labute approximate surface area is 283 Å². The summed E-state index contributed by atoms with van der Waals surface area (Å²) in [5.41, 5.74) is 10.2.